The molecule has 0 amide bonds. The van der Waals surface area contributed by atoms with Crippen molar-refractivity contribution in [2.24, 2.45) is 0 Å². The van der Waals surface area contributed by atoms with Gasteiger partial charge in [0.25, 0.3) is 0 Å². The lowest BCUT2D eigenvalue weighted by atomic mass is 10.3. The Morgan fingerprint density at radius 1 is 1.18 bits per heavy atom. The van der Waals surface area contributed by atoms with Gasteiger partial charge in [-0.3, -0.25) is 0 Å². The number of benzene rings is 1. The van der Waals surface area contributed by atoms with Gasteiger partial charge >= 0.3 is 6.18 Å². The maximum Gasteiger partial charge on any atom is 0.433 e. The average molecular weight is 333 g/mol. The Kier molecular flexibility index (Phi) is 5.04. The van der Waals surface area contributed by atoms with E-state index in [1.807, 2.05) is 0 Å². The molecule has 0 unspecified atom stereocenters. The monoisotopic (exact) mass is 332 g/mol. The summed E-state index contributed by atoms with van der Waals surface area (Å²) in [5, 5.41) is 14.4. The Labute approximate surface area is 129 Å². The molecule has 1 heterocycles. The van der Waals surface area contributed by atoms with Crippen LogP contribution in [0, 0.1) is 0 Å². The number of anilines is 3. The van der Waals surface area contributed by atoms with Gasteiger partial charge in [0.15, 0.2) is 5.69 Å². The minimum absolute atomic E-state index is 0.0370. The number of rotatable bonds is 5. The highest BCUT2D eigenvalue weighted by Crippen LogP contribution is 2.30. The first-order valence-corrected chi connectivity index (χ1v) is 6.60. The molecule has 0 spiro atoms. The molecule has 0 aliphatic carbocycles. The SMILES string of the molecule is OCCNc1nc(Nc2cccc(Cl)c2)cc(C(F)(F)F)n1. The molecule has 0 atom stereocenters. The maximum absolute atomic E-state index is 12.9. The van der Waals surface area contributed by atoms with Crippen LogP contribution in [-0.4, -0.2) is 28.2 Å². The second-order valence-electron chi connectivity index (χ2n) is 4.25. The summed E-state index contributed by atoms with van der Waals surface area (Å²) >= 11 is 5.82. The predicted octanol–water partition coefficient (Wildman–Crippen LogP) is 3.30. The fourth-order valence-corrected chi connectivity index (χ4v) is 1.81. The number of aliphatic hydroxyl groups excluding tert-OH is 1. The lowest BCUT2D eigenvalue weighted by Crippen LogP contribution is -2.15. The molecule has 0 aliphatic heterocycles. The maximum atomic E-state index is 12.9. The number of nitrogens with zero attached hydrogens (tertiary/aromatic N) is 2. The van der Waals surface area contributed by atoms with Gasteiger partial charge in [0.05, 0.1) is 6.61 Å². The van der Waals surface area contributed by atoms with Crippen molar-refractivity contribution in [2.75, 3.05) is 23.8 Å². The highest BCUT2D eigenvalue weighted by molar-refractivity contribution is 6.30. The number of aliphatic hydroxyl groups is 1. The van der Waals surface area contributed by atoms with Crippen molar-refractivity contribution in [1.82, 2.24) is 9.97 Å². The quantitative estimate of drug-likeness (QED) is 0.783. The molecule has 2 aromatic rings. The Morgan fingerprint density at radius 2 is 1.95 bits per heavy atom. The molecule has 0 aliphatic rings. The second-order valence-corrected chi connectivity index (χ2v) is 4.68. The number of nitrogens with one attached hydrogen (secondary N) is 2. The molecule has 1 aromatic carbocycles. The highest BCUT2D eigenvalue weighted by Gasteiger charge is 2.33. The van der Waals surface area contributed by atoms with Crippen molar-refractivity contribution >= 4 is 29.1 Å². The van der Waals surface area contributed by atoms with Crippen molar-refractivity contribution in [3.05, 3.63) is 41.0 Å². The van der Waals surface area contributed by atoms with E-state index in [-0.39, 0.29) is 24.9 Å². The van der Waals surface area contributed by atoms with E-state index in [0.717, 1.165) is 6.07 Å². The summed E-state index contributed by atoms with van der Waals surface area (Å²) in [5.41, 5.74) is -0.597. The number of hydrogen-bond acceptors (Lipinski definition) is 5. The zero-order valence-electron chi connectivity index (χ0n) is 11.2. The summed E-state index contributed by atoms with van der Waals surface area (Å²) in [6.45, 7) is -0.214. The third-order valence-corrected chi connectivity index (χ3v) is 2.74. The first-order chi connectivity index (χ1) is 10.4. The molecule has 0 fully saturated rings. The van der Waals surface area contributed by atoms with Gasteiger partial charge in [-0.1, -0.05) is 17.7 Å². The Bertz CT molecular complexity index is 651. The van der Waals surface area contributed by atoms with Crippen LogP contribution in [0.4, 0.5) is 30.6 Å². The van der Waals surface area contributed by atoms with Crippen LogP contribution in [0.3, 0.4) is 0 Å². The molecular formula is C13H12ClF3N4O. The van der Waals surface area contributed by atoms with Crippen molar-refractivity contribution < 1.29 is 18.3 Å². The van der Waals surface area contributed by atoms with Gasteiger partial charge in [-0.2, -0.15) is 18.2 Å². The van der Waals surface area contributed by atoms with E-state index < -0.39 is 11.9 Å². The highest BCUT2D eigenvalue weighted by atomic mass is 35.5. The number of aromatic nitrogens is 2. The smallest absolute Gasteiger partial charge is 0.395 e. The summed E-state index contributed by atoms with van der Waals surface area (Å²) in [6, 6.07) is 7.29. The Hall–Kier alpha value is -2.06. The zero-order chi connectivity index (χ0) is 16.2. The lowest BCUT2D eigenvalue weighted by molar-refractivity contribution is -0.141. The van der Waals surface area contributed by atoms with E-state index >= 15 is 0 Å². The first kappa shape index (κ1) is 16.3. The molecule has 0 bridgehead atoms. The summed E-state index contributed by atoms with van der Waals surface area (Å²) < 4.78 is 38.6. The van der Waals surface area contributed by atoms with Crippen LogP contribution >= 0.6 is 11.6 Å². The normalized spacial score (nSPS) is 11.3. The van der Waals surface area contributed by atoms with Gasteiger partial charge in [-0.05, 0) is 18.2 Å². The van der Waals surface area contributed by atoms with Crippen LogP contribution in [0.15, 0.2) is 30.3 Å². The van der Waals surface area contributed by atoms with Crippen LogP contribution < -0.4 is 10.6 Å². The van der Waals surface area contributed by atoms with E-state index in [1.165, 1.54) is 0 Å². The van der Waals surface area contributed by atoms with Gasteiger partial charge in [0.2, 0.25) is 5.95 Å². The summed E-state index contributed by atoms with van der Waals surface area (Å²) in [4.78, 5) is 7.30. The molecular weight excluding hydrogens is 321 g/mol. The number of alkyl halides is 3. The Morgan fingerprint density at radius 3 is 2.59 bits per heavy atom. The third kappa shape index (κ3) is 4.47. The largest absolute Gasteiger partial charge is 0.433 e. The second kappa shape index (κ2) is 6.80. The van der Waals surface area contributed by atoms with E-state index in [4.69, 9.17) is 16.7 Å². The van der Waals surface area contributed by atoms with Gasteiger partial charge in [0.1, 0.15) is 5.82 Å². The summed E-state index contributed by atoms with van der Waals surface area (Å²) in [6.07, 6.45) is -4.61. The molecule has 22 heavy (non-hydrogen) atoms. The van der Waals surface area contributed by atoms with Crippen molar-refractivity contribution in [2.45, 2.75) is 6.18 Å². The Balaban J connectivity index is 2.32. The molecule has 5 nitrogen and oxygen atoms in total. The lowest BCUT2D eigenvalue weighted by Gasteiger charge is -2.12. The minimum atomic E-state index is -4.61. The minimum Gasteiger partial charge on any atom is -0.395 e. The average Bonchev–Trinajstić information content (AvgIpc) is 2.44. The van der Waals surface area contributed by atoms with E-state index in [1.54, 1.807) is 24.3 Å². The molecule has 3 N–H and O–H groups in total. The summed E-state index contributed by atoms with van der Waals surface area (Å²) in [5.74, 6) is -0.265. The molecule has 118 valence electrons. The van der Waals surface area contributed by atoms with Crippen LogP contribution in [0.25, 0.3) is 0 Å². The van der Waals surface area contributed by atoms with Gasteiger partial charge in [-0.15, -0.1) is 0 Å². The van der Waals surface area contributed by atoms with Crippen molar-refractivity contribution in [1.29, 1.82) is 0 Å². The van der Waals surface area contributed by atoms with Crippen molar-refractivity contribution in [3.63, 3.8) is 0 Å². The fraction of sp³-hybridized carbons (Fsp3) is 0.231. The molecule has 0 saturated carbocycles. The molecule has 0 saturated heterocycles. The molecule has 9 heteroatoms. The van der Waals surface area contributed by atoms with Crippen LogP contribution in [0.2, 0.25) is 5.02 Å². The predicted molar refractivity (Wildman–Crippen MR) is 77.3 cm³/mol. The van der Waals surface area contributed by atoms with E-state index in [9.17, 15) is 13.2 Å². The molecule has 2 rings (SSSR count). The van der Waals surface area contributed by atoms with E-state index in [2.05, 4.69) is 20.6 Å². The molecule has 1 aromatic heterocycles. The van der Waals surface area contributed by atoms with Crippen LogP contribution in [-0.2, 0) is 6.18 Å². The number of halogens is 4. The topological polar surface area (TPSA) is 70.1 Å². The standard InChI is InChI=1S/C13H12ClF3N4O/c14-8-2-1-3-9(6-8)19-11-7-10(13(15,16)17)20-12(21-11)18-4-5-22/h1-3,6-7,22H,4-5H2,(H2,18,19,20,21). The van der Waals surface area contributed by atoms with E-state index in [0.29, 0.717) is 10.7 Å². The van der Waals surface area contributed by atoms with Gasteiger partial charge in [0, 0.05) is 23.3 Å². The third-order valence-electron chi connectivity index (χ3n) is 2.51. The fourth-order valence-electron chi connectivity index (χ4n) is 1.62. The van der Waals surface area contributed by atoms with Crippen LogP contribution in [0.5, 0.6) is 0 Å². The van der Waals surface area contributed by atoms with Crippen LogP contribution in [0.1, 0.15) is 5.69 Å². The number of hydrogen-bond donors (Lipinski definition) is 3. The van der Waals surface area contributed by atoms with Gasteiger partial charge < -0.3 is 15.7 Å². The van der Waals surface area contributed by atoms with Crippen molar-refractivity contribution in [3.8, 4) is 0 Å². The van der Waals surface area contributed by atoms with Gasteiger partial charge in [-0.25, -0.2) is 4.98 Å². The molecule has 0 radical (unpaired) electrons. The zero-order valence-corrected chi connectivity index (χ0v) is 11.9. The first-order valence-electron chi connectivity index (χ1n) is 6.22. The summed E-state index contributed by atoms with van der Waals surface area (Å²) in [7, 11) is 0.